The van der Waals surface area contributed by atoms with Crippen LogP contribution in [0.15, 0.2) is 0 Å². The summed E-state index contributed by atoms with van der Waals surface area (Å²) in [6.45, 7) is 6.15. The summed E-state index contributed by atoms with van der Waals surface area (Å²) in [7, 11) is 1.70. The standard InChI is InChI=1S/C9H20ClNO/c1-8(2)4-5-11-9(6-10)7-12-3/h8-9,11H,4-7H2,1-3H3. The maximum absolute atomic E-state index is 5.72. The van der Waals surface area contributed by atoms with E-state index in [0.29, 0.717) is 18.5 Å². The average Bonchev–Trinajstić information content (AvgIpc) is 2.02. The van der Waals surface area contributed by atoms with Crippen molar-refractivity contribution in [1.82, 2.24) is 5.32 Å². The molecule has 0 aliphatic rings. The number of methoxy groups -OCH3 is 1. The van der Waals surface area contributed by atoms with E-state index in [4.69, 9.17) is 16.3 Å². The van der Waals surface area contributed by atoms with Gasteiger partial charge in [0.1, 0.15) is 0 Å². The van der Waals surface area contributed by atoms with Crippen LogP contribution >= 0.6 is 11.6 Å². The lowest BCUT2D eigenvalue weighted by molar-refractivity contribution is 0.172. The van der Waals surface area contributed by atoms with Crippen LogP contribution in [0.3, 0.4) is 0 Å². The summed E-state index contributed by atoms with van der Waals surface area (Å²) in [5, 5.41) is 3.34. The largest absolute Gasteiger partial charge is 0.383 e. The van der Waals surface area contributed by atoms with Gasteiger partial charge in [-0.3, -0.25) is 0 Å². The second-order valence-corrected chi connectivity index (χ2v) is 3.75. The summed E-state index contributed by atoms with van der Waals surface area (Å²) < 4.78 is 5.01. The van der Waals surface area contributed by atoms with Gasteiger partial charge in [0.2, 0.25) is 0 Å². The Labute approximate surface area is 80.6 Å². The minimum absolute atomic E-state index is 0.301. The Kier molecular flexibility index (Phi) is 7.98. The molecule has 0 saturated heterocycles. The maximum atomic E-state index is 5.72. The van der Waals surface area contributed by atoms with Gasteiger partial charge in [-0.2, -0.15) is 0 Å². The highest BCUT2D eigenvalue weighted by atomic mass is 35.5. The normalized spacial score (nSPS) is 13.8. The lowest BCUT2D eigenvalue weighted by atomic mass is 10.1. The predicted molar refractivity (Wildman–Crippen MR) is 53.8 cm³/mol. The second-order valence-electron chi connectivity index (χ2n) is 3.44. The molecule has 0 rings (SSSR count). The fourth-order valence-electron chi connectivity index (χ4n) is 0.935. The summed E-state index contributed by atoms with van der Waals surface area (Å²) in [5.41, 5.74) is 0. The molecule has 0 aromatic heterocycles. The molecule has 0 heterocycles. The highest BCUT2D eigenvalue weighted by molar-refractivity contribution is 6.18. The van der Waals surface area contributed by atoms with Gasteiger partial charge in [-0.25, -0.2) is 0 Å². The zero-order valence-corrected chi connectivity index (χ0v) is 9.03. The van der Waals surface area contributed by atoms with E-state index in [1.54, 1.807) is 7.11 Å². The van der Waals surface area contributed by atoms with Gasteiger partial charge >= 0.3 is 0 Å². The molecule has 0 fully saturated rings. The molecule has 0 aromatic rings. The molecule has 0 bridgehead atoms. The first-order valence-corrected chi connectivity index (χ1v) is 5.02. The Morgan fingerprint density at radius 1 is 1.42 bits per heavy atom. The lowest BCUT2D eigenvalue weighted by Gasteiger charge is -2.15. The minimum Gasteiger partial charge on any atom is -0.383 e. The van der Waals surface area contributed by atoms with Gasteiger partial charge in [-0.05, 0) is 18.9 Å². The van der Waals surface area contributed by atoms with Crippen molar-refractivity contribution in [2.75, 3.05) is 26.1 Å². The van der Waals surface area contributed by atoms with Crippen LogP contribution in [0.4, 0.5) is 0 Å². The van der Waals surface area contributed by atoms with Crippen molar-refractivity contribution < 1.29 is 4.74 Å². The zero-order chi connectivity index (χ0) is 9.40. The Balaban J connectivity index is 3.31. The van der Waals surface area contributed by atoms with Crippen molar-refractivity contribution in [2.45, 2.75) is 26.3 Å². The van der Waals surface area contributed by atoms with Crippen molar-refractivity contribution in [3.8, 4) is 0 Å². The molecule has 0 radical (unpaired) electrons. The van der Waals surface area contributed by atoms with Crippen LogP contribution in [0.5, 0.6) is 0 Å². The molecule has 12 heavy (non-hydrogen) atoms. The van der Waals surface area contributed by atoms with Gasteiger partial charge in [-0.1, -0.05) is 13.8 Å². The third kappa shape index (κ3) is 6.89. The highest BCUT2D eigenvalue weighted by Crippen LogP contribution is 1.98. The van der Waals surface area contributed by atoms with Crippen LogP contribution < -0.4 is 5.32 Å². The number of hydrogen-bond donors (Lipinski definition) is 1. The summed E-state index contributed by atoms with van der Waals surface area (Å²) in [6, 6.07) is 0.301. The Hall–Kier alpha value is 0.210. The van der Waals surface area contributed by atoms with Gasteiger partial charge < -0.3 is 10.1 Å². The third-order valence-electron chi connectivity index (χ3n) is 1.71. The van der Waals surface area contributed by atoms with E-state index >= 15 is 0 Å². The number of hydrogen-bond acceptors (Lipinski definition) is 2. The quantitative estimate of drug-likeness (QED) is 0.624. The first-order valence-electron chi connectivity index (χ1n) is 4.49. The minimum atomic E-state index is 0.301. The Bertz CT molecular complexity index is 98.5. The molecule has 2 nitrogen and oxygen atoms in total. The van der Waals surface area contributed by atoms with Gasteiger partial charge in [0.25, 0.3) is 0 Å². The van der Waals surface area contributed by atoms with Crippen molar-refractivity contribution in [3.63, 3.8) is 0 Å². The smallest absolute Gasteiger partial charge is 0.0627 e. The van der Waals surface area contributed by atoms with Crippen molar-refractivity contribution in [2.24, 2.45) is 5.92 Å². The van der Waals surface area contributed by atoms with E-state index < -0.39 is 0 Å². The van der Waals surface area contributed by atoms with Gasteiger partial charge in [-0.15, -0.1) is 11.6 Å². The van der Waals surface area contributed by atoms with Crippen molar-refractivity contribution >= 4 is 11.6 Å². The summed E-state index contributed by atoms with van der Waals surface area (Å²) >= 11 is 5.72. The first kappa shape index (κ1) is 12.2. The number of nitrogens with one attached hydrogen (secondary N) is 1. The molecular formula is C9H20ClNO. The topological polar surface area (TPSA) is 21.3 Å². The number of ether oxygens (including phenoxy) is 1. The van der Waals surface area contributed by atoms with Crippen molar-refractivity contribution in [3.05, 3.63) is 0 Å². The number of alkyl halides is 1. The monoisotopic (exact) mass is 193 g/mol. The molecule has 1 atom stereocenters. The zero-order valence-electron chi connectivity index (χ0n) is 8.27. The fourth-order valence-corrected chi connectivity index (χ4v) is 1.13. The average molecular weight is 194 g/mol. The molecule has 0 aromatic carbocycles. The fraction of sp³-hybridized carbons (Fsp3) is 1.00. The highest BCUT2D eigenvalue weighted by Gasteiger charge is 2.05. The van der Waals surface area contributed by atoms with Crippen LogP contribution in [0.2, 0.25) is 0 Å². The molecule has 1 N–H and O–H groups in total. The Morgan fingerprint density at radius 3 is 2.50 bits per heavy atom. The summed E-state index contributed by atoms with van der Waals surface area (Å²) in [4.78, 5) is 0. The second kappa shape index (κ2) is 7.84. The number of rotatable bonds is 7. The molecular weight excluding hydrogens is 174 g/mol. The van der Waals surface area contributed by atoms with E-state index in [0.717, 1.165) is 12.5 Å². The van der Waals surface area contributed by atoms with Crippen LogP contribution in [0.1, 0.15) is 20.3 Å². The number of halogens is 1. The molecule has 1 unspecified atom stereocenters. The molecule has 0 spiro atoms. The van der Waals surface area contributed by atoms with Gasteiger partial charge in [0.15, 0.2) is 0 Å². The van der Waals surface area contributed by atoms with E-state index in [1.165, 1.54) is 6.42 Å². The molecule has 0 aliphatic carbocycles. The van der Waals surface area contributed by atoms with Crippen LogP contribution in [-0.4, -0.2) is 32.2 Å². The van der Waals surface area contributed by atoms with E-state index in [-0.39, 0.29) is 0 Å². The first-order chi connectivity index (χ1) is 5.70. The maximum Gasteiger partial charge on any atom is 0.0627 e. The summed E-state index contributed by atoms with van der Waals surface area (Å²) in [5.74, 6) is 1.36. The molecule has 0 aliphatic heterocycles. The van der Waals surface area contributed by atoms with Crippen LogP contribution in [0.25, 0.3) is 0 Å². The van der Waals surface area contributed by atoms with Gasteiger partial charge in [0.05, 0.1) is 6.61 Å². The van der Waals surface area contributed by atoms with Crippen LogP contribution in [-0.2, 0) is 4.74 Å². The predicted octanol–water partition coefficient (Wildman–Crippen LogP) is 1.88. The lowest BCUT2D eigenvalue weighted by Crippen LogP contribution is -2.35. The molecule has 0 saturated carbocycles. The molecule has 0 amide bonds. The van der Waals surface area contributed by atoms with E-state index in [2.05, 4.69) is 19.2 Å². The van der Waals surface area contributed by atoms with E-state index in [9.17, 15) is 0 Å². The summed E-state index contributed by atoms with van der Waals surface area (Å²) in [6.07, 6.45) is 1.19. The SMILES string of the molecule is COCC(CCl)NCCC(C)C. The van der Waals surface area contributed by atoms with Crippen LogP contribution in [0, 0.1) is 5.92 Å². The third-order valence-corrected chi connectivity index (χ3v) is 2.08. The Morgan fingerprint density at radius 2 is 2.08 bits per heavy atom. The molecule has 3 heteroatoms. The molecule has 74 valence electrons. The van der Waals surface area contributed by atoms with E-state index in [1.807, 2.05) is 0 Å². The van der Waals surface area contributed by atoms with Crippen molar-refractivity contribution in [1.29, 1.82) is 0 Å². The van der Waals surface area contributed by atoms with Gasteiger partial charge in [0, 0.05) is 19.0 Å².